The van der Waals surface area contributed by atoms with Gasteiger partial charge in [-0.25, -0.2) is 4.79 Å². The maximum atomic E-state index is 12.6. The molecule has 0 radical (unpaired) electrons. The van der Waals surface area contributed by atoms with Gasteiger partial charge in [-0.05, 0) is 58.7 Å². The molecule has 0 unspecified atom stereocenters. The SMILES string of the molecule is CCCCC(C)(C)OC(=O)c1cc(C)sc1-c1ccc(C)s1. The lowest BCUT2D eigenvalue weighted by Crippen LogP contribution is -2.28. The fraction of sp³-hybridized carbons (Fsp3) is 0.500. The molecule has 0 aliphatic rings. The Morgan fingerprint density at radius 3 is 2.50 bits per heavy atom. The second-order valence-corrected chi connectivity index (χ2v) is 8.81. The first-order chi connectivity index (χ1) is 10.3. The molecule has 0 saturated heterocycles. The van der Waals surface area contributed by atoms with Crippen LogP contribution in [0.4, 0.5) is 0 Å². The van der Waals surface area contributed by atoms with E-state index < -0.39 is 5.60 Å². The molecule has 120 valence electrons. The maximum absolute atomic E-state index is 12.6. The standard InChI is InChI=1S/C18H24O2S2/c1-6-7-10-18(4,5)20-17(19)14-11-13(3)22-16(14)15-9-8-12(2)21-15/h8-9,11H,6-7,10H2,1-5H3. The molecule has 2 rings (SSSR count). The van der Waals surface area contributed by atoms with E-state index in [2.05, 4.69) is 26.0 Å². The molecule has 0 atom stereocenters. The molecule has 0 amide bonds. The molecular formula is C18H24O2S2. The van der Waals surface area contributed by atoms with E-state index in [1.807, 2.05) is 26.8 Å². The molecule has 2 nitrogen and oxygen atoms in total. The van der Waals surface area contributed by atoms with Gasteiger partial charge in [-0.15, -0.1) is 22.7 Å². The van der Waals surface area contributed by atoms with Crippen molar-refractivity contribution in [1.29, 1.82) is 0 Å². The highest BCUT2D eigenvalue weighted by Crippen LogP contribution is 2.37. The van der Waals surface area contributed by atoms with Crippen molar-refractivity contribution in [2.45, 2.75) is 59.5 Å². The Hall–Kier alpha value is -1.13. The van der Waals surface area contributed by atoms with Crippen LogP contribution in [0.25, 0.3) is 9.75 Å². The van der Waals surface area contributed by atoms with Crippen molar-refractivity contribution in [2.24, 2.45) is 0 Å². The molecule has 2 aromatic heterocycles. The van der Waals surface area contributed by atoms with Crippen LogP contribution in [0.3, 0.4) is 0 Å². The molecule has 0 fully saturated rings. The van der Waals surface area contributed by atoms with E-state index in [-0.39, 0.29) is 5.97 Å². The van der Waals surface area contributed by atoms with Gasteiger partial charge in [-0.1, -0.05) is 13.3 Å². The number of carbonyl (C=O) groups is 1. The molecule has 0 N–H and O–H groups in total. The number of unbranched alkanes of at least 4 members (excludes halogenated alkanes) is 1. The van der Waals surface area contributed by atoms with Crippen molar-refractivity contribution < 1.29 is 9.53 Å². The van der Waals surface area contributed by atoms with E-state index >= 15 is 0 Å². The van der Waals surface area contributed by atoms with Crippen molar-refractivity contribution in [3.8, 4) is 9.75 Å². The second-order valence-electron chi connectivity index (χ2n) is 6.26. The van der Waals surface area contributed by atoms with Crippen LogP contribution >= 0.6 is 22.7 Å². The van der Waals surface area contributed by atoms with Crippen molar-refractivity contribution in [1.82, 2.24) is 0 Å². The van der Waals surface area contributed by atoms with Crippen LogP contribution in [0, 0.1) is 13.8 Å². The summed E-state index contributed by atoms with van der Waals surface area (Å²) in [6.45, 7) is 10.3. The predicted molar refractivity (Wildman–Crippen MR) is 96.1 cm³/mol. The number of aryl methyl sites for hydroxylation is 2. The second kappa shape index (κ2) is 6.97. The number of hydrogen-bond acceptors (Lipinski definition) is 4. The lowest BCUT2D eigenvalue weighted by molar-refractivity contribution is -0.00518. The van der Waals surface area contributed by atoms with Crippen LogP contribution in [0.15, 0.2) is 18.2 Å². The smallest absolute Gasteiger partial charge is 0.340 e. The Kier molecular flexibility index (Phi) is 5.45. The summed E-state index contributed by atoms with van der Waals surface area (Å²) in [5, 5.41) is 0. The molecule has 0 aromatic carbocycles. The first-order valence-electron chi connectivity index (χ1n) is 7.73. The Morgan fingerprint density at radius 1 is 1.18 bits per heavy atom. The quantitative estimate of drug-likeness (QED) is 0.585. The number of rotatable bonds is 6. The highest BCUT2D eigenvalue weighted by atomic mass is 32.1. The summed E-state index contributed by atoms with van der Waals surface area (Å²) in [4.78, 5) is 17.2. The zero-order valence-electron chi connectivity index (χ0n) is 14.0. The summed E-state index contributed by atoms with van der Waals surface area (Å²) in [7, 11) is 0. The monoisotopic (exact) mass is 336 g/mol. The van der Waals surface area contributed by atoms with Gasteiger partial charge >= 0.3 is 5.97 Å². The van der Waals surface area contributed by atoms with Crippen LogP contribution in [0.1, 0.15) is 60.1 Å². The summed E-state index contributed by atoms with van der Waals surface area (Å²) in [5.74, 6) is -0.202. The highest BCUT2D eigenvalue weighted by molar-refractivity contribution is 7.22. The van der Waals surface area contributed by atoms with Gasteiger partial charge in [0.2, 0.25) is 0 Å². The van der Waals surface area contributed by atoms with E-state index in [1.54, 1.807) is 22.7 Å². The van der Waals surface area contributed by atoms with Gasteiger partial charge in [-0.2, -0.15) is 0 Å². The topological polar surface area (TPSA) is 26.3 Å². The number of carbonyl (C=O) groups excluding carboxylic acids is 1. The van der Waals surface area contributed by atoms with Crippen molar-refractivity contribution >= 4 is 28.6 Å². The minimum absolute atomic E-state index is 0.202. The fourth-order valence-electron chi connectivity index (χ4n) is 2.36. The summed E-state index contributed by atoms with van der Waals surface area (Å²) >= 11 is 3.38. The first kappa shape index (κ1) is 17.2. The summed E-state index contributed by atoms with van der Waals surface area (Å²) < 4.78 is 5.78. The minimum atomic E-state index is -0.411. The number of hydrogen-bond donors (Lipinski definition) is 0. The van der Waals surface area contributed by atoms with E-state index in [0.717, 1.165) is 33.9 Å². The highest BCUT2D eigenvalue weighted by Gasteiger charge is 2.26. The fourth-order valence-corrected chi connectivity index (χ4v) is 4.36. The van der Waals surface area contributed by atoms with Crippen molar-refractivity contribution in [3.63, 3.8) is 0 Å². The Morgan fingerprint density at radius 2 is 1.91 bits per heavy atom. The zero-order valence-corrected chi connectivity index (χ0v) is 15.6. The van der Waals surface area contributed by atoms with Crippen LogP contribution < -0.4 is 0 Å². The van der Waals surface area contributed by atoms with Crippen LogP contribution in [0.5, 0.6) is 0 Å². The molecule has 0 aliphatic carbocycles. The molecular weight excluding hydrogens is 312 g/mol. The van der Waals surface area contributed by atoms with Gasteiger partial charge in [0, 0.05) is 14.6 Å². The van der Waals surface area contributed by atoms with Gasteiger partial charge in [0.1, 0.15) is 5.60 Å². The molecule has 0 saturated carbocycles. The average molecular weight is 337 g/mol. The van der Waals surface area contributed by atoms with Gasteiger partial charge < -0.3 is 4.74 Å². The summed E-state index contributed by atoms with van der Waals surface area (Å²) in [6.07, 6.45) is 3.07. The lowest BCUT2D eigenvalue weighted by atomic mass is 10.0. The van der Waals surface area contributed by atoms with Gasteiger partial charge in [0.25, 0.3) is 0 Å². The summed E-state index contributed by atoms with van der Waals surface area (Å²) in [6, 6.07) is 6.13. The molecule has 0 spiro atoms. The molecule has 2 heterocycles. The van der Waals surface area contributed by atoms with E-state index in [1.165, 1.54) is 4.88 Å². The normalized spacial score (nSPS) is 11.7. The largest absolute Gasteiger partial charge is 0.456 e. The van der Waals surface area contributed by atoms with Crippen molar-refractivity contribution in [3.05, 3.63) is 33.5 Å². The van der Waals surface area contributed by atoms with Gasteiger partial charge in [0.15, 0.2) is 0 Å². The minimum Gasteiger partial charge on any atom is -0.456 e. The third kappa shape index (κ3) is 4.20. The van der Waals surface area contributed by atoms with Crippen LogP contribution in [-0.2, 0) is 4.74 Å². The van der Waals surface area contributed by atoms with Crippen molar-refractivity contribution in [2.75, 3.05) is 0 Å². The number of esters is 1. The van der Waals surface area contributed by atoms with Crippen LogP contribution in [0.2, 0.25) is 0 Å². The number of ether oxygens (including phenoxy) is 1. The molecule has 4 heteroatoms. The maximum Gasteiger partial charge on any atom is 0.340 e. The van der Waals surface area contributed by atoms with Gasteiger partial charge in [0.05, 0.1) is 10.4 Å². The zero-order chi connectivity index (χ0) is 16.3. The Labute approximate surface area is 141 Å². The first-order valence-corrected chi connectivity index (χ1v) is 9.36. The Bertz CT molecular complexity index is 650. The third-order valence-corrected chi connectivity index (χ3v) is 5.77. The van der Waals surface area contributed by atoms with E-state index in [0.29, 0.717) is 5.56 Å². The third-order valence-electron chi connectivity index (χ3n) is 3.54. The van der Waals surface area contributed by atoms with E-state index in [4.69, 9.17) is 4.74 Å². The average Bonchev–Trinajstić information content (AvgIpc) is 3.02. The van der Waals surface area contributed by atoms with E-state index in [9.17, 15) is 4.79 Å². The Balaban J connectivity index is 2.23. The summed E-state index contributed by atoms with van der Waals surface area (Å²) in [5.41, 5.74) is 0.292. The molecule has 0 bridgehead atoms. The molecule has 2 aromatic rings. The van der Waals surface area contributed by atoms with Crippen LogP contribution in [-0.4, -0.2) is 11.6 Å². The predicted octanol–water partition coefficient (Wildman–Crippen LogP) is 6.22. The number of thiophene rings is 2. The molecule has 0 aliphatic heterocycles. The molecule has 22 heavy (non-hydrogen) atoms. The lowest BCUT2D eigenvalue weighted by Gasteiger charge is -2.25. The van der Waals surface area contributed by atoms with Gasteiger partial charge in [-0.3, -0.25) is 0 Å².